The highest BCUT2D eigenvalue weighted by Crippen LogP contribution is 2.56. The van der Waals surface area contributed by atoms with Gasteiger partial charge < -0.3 is 9.64 Å². The lowest BCUT2D eigenvalue weighted by atomic mass is 9.74. The van der Waals surface area contributed by atoms with E-state index in [9.17, 15) is 9.65 Å². The fourth-order valence-electron chi connectivity index (χ4n) is 6.92. The van der Waals surface area contributed by atoms with Crippen LogP contribution < -0.4 is 9.64 Å². The van der Waals surface area contributed by atoms with Crippen LogP contribution in [0.15, 0.2) is 66.7 Å². The van der Waals surface area contributed by atoms with Gasteiger partial charge in [-0.05, 0) is 97.9 Å². The van der Waals surface area contributed by atoms with Gasteiger partial charge in [0.15, 0.2) is 0 Å². The number of halogens is 1. The smallest absolute Gasteiger partial charge is 0.225 e. The molecule has 3 aromatic carbocycles. The number of fused-ring (bicyclic) bond motifs is 3. The normalized spacial score (nSPS) is 20.2. The Balaban J connectivity index is 1.08. The molecule has 2 unspecified atom stereocenters. The Morgan fingerprint density at radius 3 is 2.49 bits per heavy atom. The molecule has 0 N–H and O–H groups in total. The Morgan fingerprint density at radius 1 is 1.00 bits per heavy atom. The molecule has 3 aliphatic rings. The molecule has 206 valence electrons. The summed E-state index contributed by atoms with van der Waals surface area (Å²) in [6.45, 7) is 5.55. The highest BCUT2D eigenvalue weighted by molar-refractivity contribution is 5.69. The number of aromatic nitrogens is 2. The zero-order valence-corrected chi connectivity index (χ0v) is 23.5. The lowest BCUT2D eigenvalue weighted by Crippen LogP contribution is -2.42. The van der Waals surface area contributed by atoms with E-state index >= 15 is 0 Å². The third-order valence-corrected chi connectivity index (χ3v) is 9.35. The first-order valence-corrected chi connectivity index (χ1v) is 14.6. The van der Waals surface area contributed by atoms with Crippen molar-refractivity contribution in [3.8, 4) is 22.9 Å². The van der Waals surface area contributed by atoms with Gasteiger partial charge in [-0.3, -0.25) is 0 Å². The number of hydrogen-bond donors (Lipinski definition) is 0. The molecule has 41 heavy (non-hydrogen) atoms. The monoisotopic (exact) mass is 544 g/mol. The maximum absolute atomic E-state index is 14.8. The molecule has 1 aromatic heterocycles. The van der Waals surface area contributed by atoms with Gasteiger partial charge in [-0.15, -0.1) is 0 Å². The number of aryl methyl sites for hydroxylation is 2. The Morgan fingerprint density at radius 2 is 1.76 bits per heavy atom. The third kappa shape index (κ3) is 4.64. The minimum atomic E-state index is -0.478. The highest BCUT2D eigenvalue weighted by Gasteiger charge is 2.45. The number of ether oxygens (including phenoxy) is 1. The summed E-state index contributed by atoms with van der Waals surface area (Å²) < 4.78 is 20.9. The third-order valence-electron chi connectivity index (χ3n) is 9.35. The van der Waals surface area contributed by atoms with Gasteiger partial charge in [-0.1, -0.05) is 42.5 Å². The molecule has 5 nitrogen and oxygen atoms in total. The molecule has 2 aliphatic carbocycles. The fourth-order valence-corrected chi connectivity index (χ4v) is 6.92. The molecule has 2 atom stereocenters. The van der Waals surface area contributed by atoms with Crippen molar-refractivity contribution in [2.45, 2.75) is 57.5 Å². The Bertz CT molecular complexity index is 1650. The van der Waals surface area contributed by atoms with Crippen LogP contribution in [0.25, 0.3) is 11.1 Å². The first-order chi connectivity index (χ1) is 19.9. The van der Waals surface area contributed by atoms with Gasteiger partial charge >= 0.3 is 0 Å². The number of nitriles is 1. The quantitative estimate of drug-likeness (QED) is 0.257. The Hall–Kier alpha value is -4.24. The second-order valence-electron chi connectivity index (χ2n) is 11.9. The lowest BCUT2D eigenvalue weighted by Gasteiger charge is -2.37. The molecule has 2 heterocycles. The number of anilines is 1. The average molecular weight is 545 g/mol. The van der Waals surface area contributed by atoms with Crippen LogP contribution in [0.3, 0.4) is 0 Å². The Kier molecular flexibility index (Phi) is 6.27. The standard InChI is InChI=1S/C35H33FN4O/c1-22-33(23(2)39-34(38-22)40-14-12-35(21-37,13-15-40)28-6-4-3-5-7-28)24-8-11-32(36)27(16-24)20-41-29-9-10-30-25(18-29)17-26-19-31(26)30/h3-11,16,18,26,31H,12-15,17,19-20H2,1-2H3. The molecular weight excluding hydrogens is 511 g/mol. The van der Waals surface area contributed by atoms with Crippen molar-refractivity contribution in [3.05, 3.63) is 106 Å². The van der Waals surface area contributed by atoms with Crippen LogP contribution >= 0.6 is 0 Å². The number of benzene rings is 3. The molecule has 0 bridgehead atoms. The molecule has 1 saturated carbocycles. The largest absolute Gasteiger partial charge is 0.489 e. The zero-order valence-electron chi connectivity index (χ0n) is 23.5. The van der Waals surface area contributed by atoms with Crippen LogP contribution in [0.5, 0.6) is 5.75 Å². The number of rotatable bonds is 6. The van der Waals surface area contributed by atoms with E-state index in [4.69, 9.17) is 14.7 Å². The van der Waals surface area contributed by atoms with Crippen LogP contribution in [0.4, 0.5) is 10.3 Å². The molecule has 7 rings (SSSR count). The van der Waals surface area contributed by atoms with E-state index in [1.165, 1.54) is 23.6 Å². The second-order valence-corrected chi connectivity index (χ2v) is 11.9. The van der Waals surface area contributed by atoms with E-state index in [1.807, 2.05) is 56.3 Å². The lowest BCUT2D eigenvalue weighted by molar-refractivity contribution is 0.299. The Labute approximate surface area is 240 Å². The number of piperidine rings is 1. The van der Waals surface area contributed by atoms with Gasteiger partial charge in [0.25, 0.3) is 0 Å². The average Bonchev–Trinajstić information content (AvgIpc) is 3.67. The maximum atomic E-state index is 14.8. The summed E-state index contributed by atoms with van der Waals surface area (Å²) in [5.74, 6) is 2.78. The molecule has 1 aliphatic heterocycles. The minimum absolute atomic E-state index is 0.165. The van der Waals surface area contributed by atoms with E-state index in [2.05, 4.69) is 23.1 Å². The van der Waals surface area contributed by atoms with Crippen molar-refractivity contribution in [1.82, 2.24) is 9.97 Å². The van der Waals surface area contributed by atoms with Gasteiger partial charge in [0.1, 0.15) is 18.2 Å². The number of nitrogens with zero attached hydrogens (tertiary/aromatic N) is 4. The van der Waals surface area contributed by atoms with Crippen LogP contribution in [-0.4, -0.2) is 23.1 Å². The minimum Gasteiger partial charge on any atom is -0.489 e. The van der Waals surface area contributed by atoms with Crippen LogP contribution in [0.2, 0.25) is 0 Å². The van der Waals surface area contributed by atoms with E-state index < -0.39 is 5.41 Å². The van der Waals surface area contributed by atoms with Gasteiger partial charge in [-0.2, -0.15) is 5.26 Å². The van der Waals surface area contributed by atoms with Crippen LogP contribution in [-0.2, 0) is 18.4 Å². The van der Waals surface area contributed by atoms with Gasteiger partial charge in [0, 0.05) is 24.2 Å². The molecule has 2 fully saturated rings. The summed E-state index contributed by atoms with van der Waals surface area (Å²) in [4.78, 5) is 11.9. The van der Waals surface area contributed by atoms with Crippen molar-refractivity contribution in [2.24, 2.45) is 5.92 Å². The van der Waals surface area contributed by atoms with Crippen molar-refractivity contribution < 1.29 is 9.13 Å². The number of hydrogen-bond acceptors (Lipinski definition) is 5. The fraction of sp³-hybridized carbons (Fsp3) is 0.343. The predicted molar refractivity (Wildman–Crippen MR) is 157 cm³/mol. The SMILES string of the molecule is Cc1nc(N2CCC(C#N)(c3ccccc3)CC2)nc(C)c1-c1ccc(F)c(COc2ccc3c(c2)CC2CC32)c1. The van der Waals surface area contributed by atoms with Gasteiger partial charge in [0.05, 0.1) is 22.9 Å². The summed E-state index contributed by atoms with van der Waals surface area (Å²) in [6, 6.07) is 24.2. The van der Waals surface area contributed by atoms with Crippen molar-refractivity contribution in [1.29, 1.82) is 5.26 Å². The van der Waals surface area contributed by atoms with Crippen molar-refractivity contribution in [2.75, 3.05) is 18.0 Å². The summed E-state index contributed by atoms with van der Waals surface area (Å²) in [6.07, 6.45) is 3.91. The summed E-state index contributed by atoms with van der Waals surface area (Å²) in [7, 11) is 0. The molecule has 1 saturated heterocycles. The molecule has 0 radical (unpaired) electrons. The maximum Gasteiger partial charge on any atom is 0.225 e. The van der Waals surface area contributed by atoms with Crippen molar-refractivity contribution in [3.63, 3.8) is 0 Å². The van der Waals surface area contributed by atoms with E-state index in [0.717, 1.165) is 64.9 Å². The zero-order chi connectivity index (χ0) is 28.1. The first-order valence-electron chi connectivity index (χ1n) is 14.6. The molecule has 6 heteroatoms. The first kappa shape index (κ1) is 25.7. The molecular formula is C35H33FN4O. The summed E-state index contributed by atoms with van der Waals surface area (Å²) in [5, 5.41) is 10.1. The van der Waals surface area contributed by atoms with E-state index in [-0.39, 0.29) is 12.4 Å². The van der Waals surface area contributed by atoms with E-state index in [0.29, 0.717) is 24.6 Å². The molecule has 0 amide bonds. The van der Waals surface area contributed by atoms with Crippen LogP contribution in [0, 0.1) is 36.9 Å². The molecule has 0 spiro atoms. The van der Waals surface area contributed by atoms with E-state index in [1.54, 1.807) is 6.07 Å². The summed E-state index contributed by atoms with van der Waals surface area (Å²) >= 11 is 0. The van der Waals surface area contributed by atoms with Gasteiger partial charge in [0.2, 0.25) is 5.95 Å². The molecule has 4 aromatic rings. The van der Waals surface area contributed by atoms with Crippen molar-refractivity contribution >= 4 is 5.95 Å². The topological polar surface area (TPSA) is 62.0 Å². The second kappa shape index (κ2) is 9.99. The van der Waals surface area contributed by atoms with Gasteiger partial charge in [-0.25, -0.2) is 14.4 Å². The highest BCUT2D eigenvalue weighted by atomic mass is 19.1. The summed E-state index contributed by atoms with van der Waals surface area (Å²) in [5.41, 5.74) is 7.46. The predicted octanol–water partition coefficient (Wildman–Crippen LogP) is 7.20. The van der Waals surface area contributed by atoms with Crippen LogP contribution in [0.1, 0.15) is 58.8 Å².